The van der Waals surface area contributed by atoms with Gasteiger partial charge in [-0.2, -0.15) is 11.8 Å². The number of pyridine rings is 1. The molecule has 204 valence electrons. The first kappa shape index (κ1) is 28.2. The van der Waals surface area contributed by atoms with Crippen molar-refractivity contribution in [2.75, 3.05) is 5.75 Å². The fourth-order valence-corrected chi connectivity index (χ4v) is 6.91. The van der Waals surface area contributed by atoms with Crippen LogP contribution in [0.3, 0.4) is 0 Å². The number of aliphatic carboxylic acids is 1. The van der Waals surface area contributed by atoms with Crippen LogP contribution in [0.5, 0.6) is 0 Å². The Hall–Kier alpha value is -3.34. The van der Waals surface area contributed by atoms with Crippen LogP contribution < -0.4 is 0 Å². The van der Waals surface area contributed by atoms with E-state index in [4.69, 9.17) is 16.6 Å². The lowest BCUT2D eigenvalue weighted by molar-refractivity contribution is -0.138. The molecule has 1 aliphatic carbocycles. The Balaban J connectivity index is 1.36. The van der Waals surface area contributed by atoms with Gasteiger partial charge < -0.3 is 5.11 Å². The molecule has 3 aromatic carbocycles. The second-order valence-corrected chi connectivity index (χ2v) is 12.6. The van der Waals surface area contributed by atoms with Crippen molar-refractivity contribution < 1.29 is 9.90 Å². The topological polar surface area (TPSA) is 50.2 Å². The molecule has 0 saturated heterocycles. The molecule has 1 saturated carbocycles. The molecule has 5 heteroatoms. The summed E-state index contributed by atoms with van der Waals surface area (Å²) in [5, 5.41) is 11.4. The van der Waals surface area contributed by atoms with E-state index in [1.807, 2.05) is 42.1 Å². The van der Waals surface area contributed by atoms with Crippen LogP contribution in [0, 0.1) is 5.41 Å². The third-order valence-electron chi connectivity index (χ3n) is 7.63. The minimum atomic E-state index is -0.693. The predicted octanol–water partition coefficient (Wildman–Crippen LogP) is 9.75. The van der Waals surface area contributed by atoms with Gasteiger partial charge in [0.2, 0.25) is 0 Å². The van der Waals surface area contributed by atoms with E-state index < -0.39 is 5.97 Å². The number of benzene rings is 3. The van der Waals surface area contributed by atoms with Gasteiger partial charge in [0, 0.05) is 21.4 Å². The van der Waals surface area contributed by atoms with Gasteiger partial charge in [-0.3, -0.25) is 4.79 Å². The van der Waals surface area contributed by atoms with E-state index in [1.54, 1.807) is 0 Å². The Bertz CT molecular complexity index is 1570. The molecule has 5 rings (SSSR count). The van der Waals surface area contributed by atoms with Crippen molar-refractivity contribution in [2.45, 2.75) is 44.3 Å². The highest BCUT2D eigenvalue weighted by atomic mass is 35.5. The van der Waals surface area contributed by atoms with Gasteiger partial charge in [0.05, 0.1) is 17.6 Å². The molecule has 1 aliphatic rings. The Labute approximate surface area is 246 Å². The van der Waals surface area contributed by atoms with Gasteiger partial charge in [0.15, 0.2) is 0 Å². The second kappa shape index (κ2) is 12.4. The van der Waals surface area contributed by atoms with Gasteiger partial charge in [-0.1, -0.05) is 90.5 Å². The first-order chi connectivity index (χ1) is 19.3. The van der Waals surface area contributed by atoms with Crippen molar-refractivity contribution in [3.8, 4) is 0 Å². The van der Waals surface area contributed by atoms with Gasteiger partial charge in [-0.15, -0.1) is 0 Å². The fraction of sp³-hybridized carbons (Fsp3) is 0.257. The summed E-state index contributed by atoms with van der Waals surface area (Å²) < 4.78 is 0. The number of rotatable bonds is 12. The number of aromatic nitrogens is 1. The van der Waals surface area contributed by atoms with Crippen LogP contribution in [0.15, 0.2) is 85.4 Å². The Morgan fingerprint density at radius 2 is 1.88 bits per heavy atom. The van der Waals surface area contributed by atoms with Crippen LogP contribution in [0.2, 0.25) is 5.02 Å². The van der Waals surface area contributed by atoms with E-state index >= 15 is 0 Å². The van der Waals surface area contributed by atoms with Crippen LogP contribution in [-0.2, 0) is 11.2 Å². The number of carboxylic acids is 1. The Morgan fingerprint density at radius 3 is 2.65 bits per heavy atom. The van der Waals surface area contributed by atoms with Crippen molar-refractivity contribution in [1.82, 2.24) is 4.98 Å². The van der Waals surface area contributed by atoms with Crippen LogP contribution in [0.1, 0.15) is 65.8 Å². The summed E-state index contributed by atoms with van der Waals surface area (Å²) in [5.41, 5.74) is 7.70. The van der Waals surface area contributed by atoms with Crippen LogP contribution >= 0.6 is 23.4 Å². The number of carbonyl (C=O) groups is 1. The summed E-state index contributed by atoms with van der Waals surface area (Å²) in [5.74, 6) is 0.178. The maximum Gasteiger partial charge on any atom is 0.303 e. The maximum atomic E-state index is 11.5. The average Bonchev–Trinajstić information content (AvgIpc) is 3.70. The molecule has 0 aliphatic heterocycles. The molecule has 4 aromatic rings. The summed E-state index contributed by atoms with van der Waals surface area (Å²) in [6.07, 6.45) is 8.32. The van der Waals surface area contributed by atoms with Gasteiger partial charge in [0.1, 0.15) is 0 Å². The highest BCUT2D eigenvalue weighted by Gasteiger charge is 2.44. The molecule has 40 heavy (non-hydrogen) atoms. The molecule has 0 radical (unpaired) electrons. The van der Waals surface area contributed by atoms with E-state index in [2.05, 4.69) is 74.2 Å². The average molecular weight is 568 g/mol. The van der Waals surface area contributed by atoms with E-state index in [0.29, 0.717) is 5.02 Å². The van der Waals surface area contributed by atoms with E-state index in [9.17, 15) is 9.90 Å². The zero-order chi connectivity index (χ0) is 28.1. The standard InChI is InChI=1S/C35H34ClNO2S/c1-24(2)31-9-4-3-7-26(31)13-17-33(40-23-35(18-19-35)22-34(38)39)28-8-5-6-25(20-28)10-15-30-16-12-27-11-14-29(36)21-32(27)37-30/h3-12,14-16,20-21,33H,1,13,17-19,22-23H2,2H3,(H,38,39)/b15-10+. The van der Waals surface area contributed by atoms with Crippen molar-refractivity contribution in [2.24, 2.45) is 5.41 Å². The zero-order valence-corrected chi connectivity index (χ0v) is 24.3. The number of thioether (sulfide) groups is 1. The summed E-state index contributed by atoms with van der Waals surface area (Å²) in [7, 11) is 0. The number of halogens is 1. The normalized spacial score (nSPS) is 14.8. The van der Waals surface area contributed by atoms with E-state index in [0.717, 1.165) is 59.2 Å². The first-order valence-electron chi connectivity index (χ1n) is 13.7. The monoisotopic (exact) mass is 567 g/mol. The smallest absolute Gasteiger partial charge is 0.303 e. The summed E-state index contributed by atoms with van der Waals surface area (Å²) in [6, 6.07) is 27.0. The molecule has 1 atom stereocenters. The number of hydrogen-bond donors (Lipinski definition) is 1. The number of carboxylic acid groups (broad SMARTS) is 1. The molecule has 1 N–H and O–H groups in total. The van der Waals surface area contributed by atoms with Gasteiger partial charge in [0.25, 0.3) is 0 Å². The Kier molecular flexibility index (Phi) is 8.78. The van der Waals surface area contributed by atoms with E-state index in [1.165, 1.54) is 16.7 Å². The molecule has 3 nitrogen and oxygen atoms in total. The molecule has 0 amide bonds. The highest BCUT2D eigenvalue weighted by Crippen LogP contribution is 2.53. The highest BCUT2D eigenvalue weighted by molar-refractivity contribution is 7.99. The third kappa shape index (κ3) is 7.24. The fourth-order valence-electron chi connectivity index (χ4n) is 5.18. The van der Waals surface area contributed by atoms with Crippen molar-refractivity contribution in [3.63, 3.8) is 0 Å². The van der Waals surface area contributed by atoms with Crippen molar-refractivity contribution in [1.29, 1.82) is 0 Å². The van der Waals surface area contributed by atoms with E-state index in [-0.39, 0.29) is 17.1 Å². The van der Waals surface area contributed by atoms with Crippen LogP contribution in [-0.4, -0.2) is 21.8 Å². The molecule has 1 fully saturated rings. The third-order valence-corrected chi connectivity index (χ3v) is 9.56. The largest absolute Gasteiger partial charge is 0.481 e. The van der Waals surface area contributed by atoms with Crippen molar-refractivity contribution in [3.05, 3.63) is 118 Å². The summed E-state index contributed by atoms with van der Waals surface area (Å²) in [4.78, 5) is 16.2. The summed E-state index contributed by atoms with van der Waals surface area (Å²) >= 11 is 8.08. The van der Waals surface area contributed by atoms with Crippen LogP contribution in [0.25, 0.3) is 28.6 Å². The molecule has 0 bridgehead atoms. The molecule has 1 unspecified atom stereocenters. The minimum Gasteiger partial charge on any atom is -0.481 e. The Morgan fingerprint density at radius 1 is 1.07 bits per heavy atom. The lowest BCUT2D eigenvalue weighted by Crippen LogP contribution is -2.12. The predicted molar refractivity (Wildman–Crippen MR) is 171 cm³/mol. The number of hydrogen-bond acceptors (Lipinski definition) is 3. The van der Waals surface area contributed by atoms with Crippen LogP contribution in [0.4, 0.5) is 0 Å². The molecular weight excluding hydrogens is 534 g/mol. The summed E-state index contributed by atoms with van der Waals surface area (Å²) in [6.45, 7) is 6.23. The molecule has 0 spiro atoms. The van der Waals surface area contributed by atoms with Gasteiger partial charge in [-0.25, -0.2) is 4.98 Å². The lowest BCUT2D eigenvalue weighted by Gasteiger charge is -2.21. The van der Waals surface area contributed by atoms with Gasteiger partial charge in [-0.05, 0) is 84.6 Å². The first-order valence-corrected chi connectivity index (χ1v) is 15.1. The molecule has 1 heterocycles. The quantitative estimate of drug-likeness (QED) is 0.185. The minimum absolute atomic E-state index is 0.0491. The number of allylic oxidation sites excluding steroid dienone is 1. The zero-order valence-electron chi connectivity index (χ0n) is 22.8. The molecule has 1 aromatic heterocycles. The molecular formula is C35H34ClNO2S. The van der Waals surface area contributed by atoms with Crippen molar-refractivity contribution >= 4 is 58.0 Å². The number of aryl methyl sites for hydroxylation is 1. The number of nitrogens with zero attached hydrogens (tertiary/aromatic N) is 1. The second-order valence-electron chi connectivity index (χ2n) is 10.9. The lowest BCUT2D eigenvalue weighted by atomic mass is 9.96. The SMILES string of the molecule is C=C(C)c1ccccc1CCC(SCC1(CC(=O)O)CC1)c1cccc(/C=C/c2ccc3ccc(Cl)cc3n2)c1. The maximum absolute atomic E-state index is 11.5. The number of fused-ring (bicyclic) bond motifs is 1. The van der Waals surface area contributed by atoms with Gasteiger partial charge >= 0.3 is 5.97 Å².